The SMILES string of the molecule is CCOC(=O)C1=Cc2cc(OC)ccc2NC1. The zero-order chi connectivity index (χ0) is 12.3. The van der Waals surface area contributed by atoms with Crippen LogP contribution < -0.4 is 10.1 Å². The lowest BCUT2D eigenvalue weighted by molar-refractivity contribution is -0.138. The Balaban J connectivity index is 2.29. The van der Waals surface area contributed by atoms with Gasteiger partial charge in [-0.2, -0.15) is 0 Å². The first-order valence-electron chi connectivity index (χ1n) is 5.54. The van der Waals surface area contributed by atoms with Gasteiger partial charge in [-0.05, 0) is 31.2 Å². The fourth-order valence-corrected chi connectivity index (χ4v) is 1.73. The number of rotatable bonds is 3. The van der Waals surface area contributed by atoms with Crippen molar-refractivity contribution in [1.82, 2.24) is 0 Å². The van der Waals surface area contributed by atoms with Crippen LogP contribution in [-0.2, 0) is 9.53 Å². The van der Waals surface area contributed by atoms with E-state index in [-0.39, 0.29) is 5.97 Å². The lowest BCUT2D eigenvalue weighted by atomic mass is 10.0. The number of fused-ring (bicyclic) bond motifs is 1. The Morgan fingerprint density at radius 2 is 2.29 bits per heavy atom. The molecular weight excluding hydrogens is 218 g/mol. The zero-order valence-electron chi connectivity index (χ0n) is 9.95. The van der Waals surface area contributed by atoms with Crippen molar-refractivity contribution < 1.29 is 14.3 Å². The minimum atomic E-state index is -0.270. The van der Waals surface area contributed by atoms with Crippen molar-refractivity contribution >= 4 is 17.7 Å². The standard InChI is InChI=1S/C13H15NO3/c1-3-17-13(15)10-6-9-7-11(16-2)4-5-12(9)14-8-10/h4-7,14H,3,8H2,1-2H3. The summed E-state index contributed by atoms with van der Waals surface area (Å²) in [7, 11) is 1.62. The van der Waals surface area contributed by atoms with E-state index >= 15 is 0 Å². The highest BCUT2D eigenvalue weighted by atomic mass is 16.5. The molecule has 2 rings (SSSR count). The van der Waals surface area contributed by atoms with E-state index in [1.807, 2.05) is 24.3 Å². The molecule has 0 atom stereocenters. The summed E-state index contributed by atoms with van der Waals surface area (Å²) < 4.78 is 10.1. The fraction of sp³-hybridized carbons (Fsp3) is 0.308. The smallest absolute Gasteiger partial charge is 0.335 e. The van der Waals surface area contributed by atoms with Crippen LogP contribution in [0.25, 0.3) is 6.08 Å². The quantitative estimate of drug-likeness (QED) is 0.812. The molecule has 0 fully saturated rings. The summed E-state index contributed by atoms with van der Waals surface area (Å²) >= 11 is 0. The van der Waals surface area contributed by atoms with E-state index in [2.05, 4.69) is 5.32 Å². The molecule has 0 saturated heterocycles. The van der Waals surface area contributed by atoms with Gasteiger partial charge in [0.15, 0.2) is 0 Å². The number of benzene rings is 1. The molecule has 0 bridgehead atoms. The van der Waals surface area contributed by atoms with E-state index in [1.54, 1.807) is 14.0 Å². The summed E-state index contributed by atoms with van der Waals surface area (Å²) in [6.45, 7) is 2.69. The molecule has 0 saturated carbocycles. The van der Waals surface area contributed by atoms with Crippen molar-refractivity contribution in [3.63, 3.8) is 0 Å². The number of esters is 1. The van der Waals surface area contributed by atoms with E-state index < -0.39 is 0 Å². The van der Waals surface area contributed by atoms with Crippen molar-refractivity contribution in [2.24, 2.45) is 0 Å². The van der Waals surface area contributed by atoms with Gasteiger partial charge in [0, 0.05) is 17.8 Å². The van der Waals surface area contributed by atoms with Gasteiger partial charge < -0.3 is 14.8 Å². The van der Waals surface area contributed by atoms with E-state index in [4.69, 9.17) is 9.47 Å². The maximum atomic E-state index is 11.6. The second-order valence-corrected chi connectivity index (χ2v) is 3.70. The molecule has 17 heavy (non-hydrogen) atoms. The molecule has 1 aliphatic heterocycles. The van der Waals surface area contributed by atoms with Gasteiger partial charge in [-0.1, -0.05) is 0 Å². The third-order valence-corrected chi connectivity index (χ3v) is 2.60. The molecule has 4 nitrogen and oxygen atoms in total. The Bertz CT molecular complexity index is 466. The average Bonchev–Trinajstić information content (AvgIpc) is 2.37. The first-order chi connectivity index (χ1) is 8.24. The molecule has 0 aromatic heterocycles. The van der Waals surface area contributed by atoms with Crippen molar-refractivity contribution in [3.05, 3.63) is 29.3 Å². The van der Waals surface area contributed by atoms with Gasteiger partial charge in [0.2, 0.25) is 0 Å². The Kier molecular flexibility index (Phi) is 3.32. The van der Waals surface area contributed by atoms with Gasteiger partial charge in [0.25, 0.3) is 0 Å². The van der Waals surface area contributed by atoms with Gasteiger partial charge in [0.05, 0.1) is 19.3 Å². The maximum Gasteiger partial charge on any atom is 0.335 e. The second-order valence-electron chi connectivity index (χ2n) is 3.70. The lowest BCUT2D eigenvalue weighted by Gasteiger charge is -2.18. The molecule has 4 heteroatoms. The topological polar surface area (TPSA) is 47.6 Å². The molecule has 0 amide bonds. The molecule has 1 heterocycles. The monoisotopic (exact) mass is 233 g/mol. The Hall–Kier alpha value is -1.97. The molecule has 1 aromatic rings. The van der Waals surface area contributed by atoms with Gasteiger partial charge in [-0.3, -0.25) is 0 Å². The molecule has 1 N–H and O–H groups in total. The predicted molar refractivity (Wildman–Crippen MR) is 66.1 cm³/mol. The second kappa shape index (κ2) is 4.91. The summed E-state index contributed by atoms with van der Waals surface area (Å²) in [5.41, 5.74) is 2.57. The molecule has 0 spiro atoms. The summed E-state index contributed by atoms with van der Waals surface area (Å²) in [5.74, 6) is 0.500. The summed E-state index contributed by atoms with van der Waals surface area (Å²) in [5, 5.41) is 3.18. The highest BCUT2D eigenvalue weighted by Gasteiger charge is 2.16. The fourth-order valence-electron chi connectivity index (χ4n) is 1.73. The van der Waals surface area contributed by atoms with Gasteiger partial charge in [0.1, 0.15) is 5.75 Å². The van der Waals surface area contributed by atoms with E-state index in [9.17, 15) is 4.79 Å². The predicted octanol–water partition coefficient (Wildman–Crippen LogP) is 2.07. The van der Waals surface area contributed by atoms with Crippen molar-refractivity contribution in [2.45, 2.75) is 6.92 Å². The first-order valence-corrected chi connectivity index (χ1v) is 5.54. The number of hydrogen-bond donors (Lipinski definition) is 1. The number of ether oxygens (including phenoxy) is 2. The van der Waals surface area contributed by atoms with Crippen LogP contribution in [0.15, 0.2) is 23.8 Å². The maximum absolute atomic E-state index is 11.6. The zero-order valence-corrected chi connectivity index (χ0v) is 9.95. The lowest BCUT2D eigenvalue weighted by Crippen LogP contribution is -2.18. The number of hydrogen-bond acceptors (Lipinski definition) is 4. The number of anilines is 1. The molecular formula is C13H15NO3. The molecule has 1 aromatic carbocycles. The number of methoxy groups -OCH3 is 1. The Morgan fingerprint density at radius 1 is 1.47 bits per heavy atom. The van der Waals surface area contributed by atoms with Crippen molar-refractivity contribution in [2.75, 3.05) is 25.6 Å². The van der Waals surface area contributed by atoms with Crippen LogP contribution in [0, 0.1) is 0 Å². The summed E-state index contributed by atoms with van der Waals surface area (Å²) in [4.78, 5) is 11.6. The Labute approximate surface area is 100 Å². The van der Waals surface area contributed by atoms with Gasteiger partial charge >= 0.3 is 5.97 Å². The van der Waals surface area contributed by atoms with Crippen LogP contribution >= 0.6 is 0 Å². The minimum absolute atomic E-state index is 0.270. The van der Waals surface area contributed by atoms with Crippen LogP contribution in [0.1, 0.15) is 12.5 Å². The van der Waals surface area contributed by atoms with Crippen LogP contribution in [0.2, 0.25) is 0 Å². The third-order valence-electron chi connectivity index (χ3n) is 2.60. The minimum Gasteiger partial charge on any atom is -0.497 e. The van der Waals surface area contributed by atoms with Crippen molar-refractivity contribution in [3.8, 4) is 5.75 Å². The van der Waals surface area contributed by atoms with Crippen molar-refractivity contribution in [1.29, 1.82) is 0 Å². The normalized spacial score (nSPS) is 13.2. The highest BCUT2D eigenvalue weighted by molar-refractivity contribution is 5.97. The summed E-state index contributed by atoms with van der Waals surface area (Å²) in [6, 6.07) is 5.71. The molecule has 90 valence electrons. The number of nitrogens with one attached hydrogen (secondary N) is 1. The molecule has 1 aliphatic rings. The summed E-state index contributed by atoms with van der Waals surface area (Å²) in [6.07, 6.45) is 1.84. The average molecular weight is 233 g/mol. The third kappa shape index (κ3) is 2.41. The number of carbonyl (C=O) groups excluding carboxylic acids is 1. The molecule has 0 unspecified atom stereocenters. The number of carbonyl (C=O) groups is 1. The highest BCUT2D eigenvalue weighted by Crippen LogP contribution is 2.27. The first kappa shape index (κ1) is 11.5. The van der Waals surface area contributed by atoms with Crippen LogP contribution in [0.5, 0.6) is 5.75 Å². The van der Waals surface area contributed by atoms with Crippen LogP contribution in [0.4, 0.5) is 5.69 Å². The van der Waals surface area contributed by atoms with Gasteiger partial charge in [-0.15, -0.1) is 0 Å². The van der Waals surface area contributed by atoms with E-state index in [0.29, 0.717) is 18.7 Å². The van der Waals surface area contributed by atoms with E-state index in [0.717, 1.165) is 17.0 Å². The molecule has 0 radical (unpaired) electrons. The van der Waals surface area contributed by atoms with Gasteiger partial charge in [-0.25, -0.2) is 4.79 Å². The molecule has 0 aliphatic carbocycles. The Morgan fingerprint density at radius 3 is 3.00 bits per heavy atom. The largest absolute Gasteiger partial charge is 0.497 e. The van der Waals surface area contributed by atoms with E-state index in [1.165, 1.54) is 0 Å². The van der Waals surface area contributed by atoms with Crippen LogP contribution in [0.3, 0.4) is 0 Å². The van der Waals surface area contributed by atoms with Crippen LogP contribution in [-0.4, -0.2) is 26.2 Å².